The lowest BCUT2D eigenvalue weighted by Crippen LogP contribution is -2.36. The standard InChI is InChI=1S/C16H16BrFN4O2/c1-21(9-14-12(17)8-19-22(14)2)16(23)15-7-13(20-24-15)10-3-5-11(18)6-4-10/h3-6,8,15H,7,9H2,1-2H3. The summed E-state index contributed by atoms with van der Waals surface area (Å²) >= 11 is 3.42. The van der Waals surface area contributed by atoms with Crippen molar-refractivity contribution in [2.75, 3.05) is 7.05 Å². The molecule has 1 atom stereocenters. The number of benzene rings is 1. The van der Waals surface area contributed by atoms with Crippen LogP contribution in [0.2, 0.25) is 0 Å². The maximum Gasteiger partial charge on any atom is 0.267 e. The quantitative estimate of drug-likeness (QED) is 0.799. The molecule has 1 aromatic heterocycles. The predicted molar refractivity (Wildman–Crippen MR) is 89.8 cm³/mol. The fraction of sp³-hybridized carbons (Fsp3) is 0.312. The van der Waals surface area contributed by atoms with Crippen molar-refractivity contribution >= 4 is 27.5 Å². The largest absolute Gasteiger partial charge is 0.382 e. The molecular formula is C16H16BrFN4O2. The summed E-state index contributed by atoms with van der Waals surface area (Å²) in [6.07, 6.45) is 1.39. The van der Waals surface area contributed by atoms with Crippen LogP contribution in [0.4, 0.5) is 4.39 Å². The molecule has 2 heterocycles. The average Bonchev–Trinajstić information content (AvgIpc) is 3.17. The number of oxime groups is 1. The maximum absolute atomic E-state index is 13.0. The molecule has 24 heavy (non-hydrogen) atoms. The predicted octanol–water partition coefficient (Wildman–Crippen LogP) is 2.47. The number of halogens is 2. The van der Waals surface area contributed by atoms with Gasteiger partial charge in [0.1, 0.15) is 5.82 Å². The molecule has 0 saturated carbocycles. The lowest BCUT2D eigenvalue weighted by Gasteiger charge is -2.20. The Morgan fingerprint density at radius 1 is 1.46 bits per heavy atom. The number of amides is 1. The minimum atomic E-state index is -0.665. The molecular weight excluding hydrogens is 379 g/mol. The van der Waals surface area contributed by atoms with Gasteiger partial charge in [-0.1, -0.05) is 17.3 Å². The summed E-state index contributed by atoms with van der Waals surface area (Å²) in [7, 11) is 3.53. The van der Waals surface area contributed by atoms with E-state index in [1.54, 1.807) is 35.0 Å². The third-order valence-corrected chi connectivity index (χ3v) is 4.56. The highest BCUT2D eigenvalue weighted by Gasteiger charge is 2.31. The zero-order valence-corrected chi connectivity index (χ0v) is 14.8. The third kappa shape index (κ3) is 3.33. The molecule has 1 amide bonds. The van der Waals surface area contributed by atoms with Crippen molar-refractivity contribution in [3.8, 4) is 0 Å². The first-order valence-corrected chi connectivity index (χ1v) is 8.15. The van der Waals surface area contributed by atoms with E-state index in [9.17, 15) is 9.18 Å². The molecule has 0 N–H and O–H groups in total. The second-order valence-corrected chi connectivity index (χ2v) is 6.45. The Morgan fingerprint density at radius 2 is 2.17 bits per heavy atom. The molecule has 0 spiro atoms. The first-order valence-electron chi connectivity index (χ1n) is 7.35. The van der Waals surface area contributed by atoms with E-state index < -0.39 is 6.10 Å². The van der Waals surface area contributed by atoms with Crippen molar-refractivity contribution in [2.24, 2.45) is 12.2 Å². The van der Waals surface area contributed by atoms with Gasteiger partial charge < -0.3 is 9.74 Å². The third-order valence-electron chi connectivity index (χ3n) is 3.90. The van der Waals surface area contributed by atoms with Crippen LogP contribution < -0.4 is 0 Å². The van der Waals surface area contributed by atoms with E-state index in [1.807, 2.05) is 7.05 Å². The summed E-state index contributed by atoms with van der Waals surface area (Å²) < 4.78 is 15.5. The first kappa shape index (κ1) is 16.6. The van der Waals surface area contributed by atoms with Crippen LogP contribution in [0.3, 0.4) is 0 Å². The van der Waals surface area contributed by atoms with Gasteiger partial charge in [-0.05, 0) is 33.6 Å². The number of hydrogen-bond donors (Lipinski definition) is 0. The zero-order chi connectivity index (χ0) is 17.3. The molecule has 6 nitrogen and oxygen atoms in total. The van der Waals surface area contributed by atoms with E-state index in [0.717, 1.165) is 15.7 Å². The molecule has 1 aliphatic rings. The highest BCUT2D eigenvalue weighted by Crippen LogP contribution is 2.21. The van der Waals surface area contributed by atoms with Gasteiger partial charge in [-0.25, -0.2) is 4.39 Å². The fourth-order valence-corrected chi connectivity index (χ4v) is 2.96. The number of aromatic nitrogens is 2. The van der Waals surface area contributed by atoms with Gasteiger partial charge in [-0.15, -0.1) is 0 Å². The molecule has 2 aromatic rings. The SMILES string of the molecule is CN(Cc1c(Br)cnn1C)C(=O)C1CC(c2ccc(F)cc2)=NO1. The van der Waals surface area contributed by atoms with Crippen molar-refractivity contribution in [2.45, 2.75) is 19.1 Å². The van der Waals surface area contributed by atoms with E-state index in [2.05, 4.69) is 26.2 Å². The van der Waals surface area contributed by atoms with E-state index in [4.69, 9.17) is 4.84 Å². The van der Waals surface area contributed by atoms with Crippen molar-refractivity contribution in [3.05, 3.63) is 52.0 Å². The maximum atomic E-state index is 13.0. The highest BCUT2D eigenvalue weighted by molar-refractivity contribution is 9.10. The summed E-state index contributed by atoms with van der Waals surface area (Å²) in [6, 6.07) is 5.97. The van der Waals surface area contributed by atoms with Crippen LogP contribution >= 0.6 is 15.9 Å². The number of aryl methyl sites for hydroxylation is 1. The van der Waals surface area contributed by atoms with Crippen LogP contribution in [0.25, 0.3) is 0 Å². The molecule has 126 valence electrons. The Hall–Kier alpha value is -2.22. The number of hydrogen-bond acceptors (Lipinski definition) is 4. The first-order chi connectivity index (χ1) is 11.5. The van der Waals surface area contributed by atoms with Gasteiger partial charge >= 0.3 is 0 Å². The lowest BCUT2D eigenvalue weighted by atomic mass is 10.0. The van der Waals surface area contributed by atoms with Crippen LogP contribution in [0, 0.1) is 5.82 Å². The number of carbonyl (C=O) groups excluding carboxylic acids is 1. The Kier molecular flexibility index (Phi) is 4.66. The minimum Gasteiger partial charge on any atom is -0.382 e. The Morgan fingerprint density at radius 3 is 2.79 bits per heavy atom. The molecule has 0 radical (unpaired) electrons. The summed E-state index contributed by atoms with van der Waals surface area (Å²) in [5.74, 6) is -0.476. The molecule has 0 fully saturated rings. The fourth-order valence-electron chi connectivity index (χ4n) is 2.48. The van der Waals surface area contributed by atoms with Crippen molar-refractivity contribution in [1.82, 2.24) is 14.7 Å². The van der Waals surface area contributed by atoms with Gasteiger partial charge in [-0.2, -0.15) is 5.10 Å². The monoisotopic (exact) mass is 394 g/mol. The summed E-state index contributed by atoms with van der Waals surface area (Å²) in [6.45, 7) is 0.404. The zero-order valence-electron chi connectivity index (χ0n) is 13.2. The average molecular weight is 395 g/mol. The van der Waals surface area contributed by atoms with E-state index in [1.165, 1.54) is 12.1 Å². The van der Waals surface area contributed by atoms with Crippen LogP contribution in [0.15, 0.2) is 40.1 Å². The molecule has 1 aliphatic heterocycles. The smallest absolute Gasteiger partial charge is 0.267 e. The number of likely N-dealkylation sites (N-methyl/N-ethyl adjacent to an activating group) is 1. The highest BCUT2D eigenvalue weighted by atomic mass is 79.9. The topological polar surface area (TPSA) is 59.7 Å². The second-order valence-electron chi connectivity index (χ2n) is 5.60. The number of nitrogens with zero attached hydrogens (tertiary/aromatic N) is 4. The van der Waals surface area contributed by atoms with Crippen molar-refractivity contribution < 1.29 is 14.0 Å². The Balaban J connectivity index is 1.63. The van der Waals surface area contributed by atoms with E-state index in [0.29, 0.717) is 18.7 Å². The van der Waals surface area contributed by atoms with Crippen LogP contribution in [0.1, 0.15) is 17.7 Å². The van der Waals surface area contributed by atoms with Gasteiger partial charge in [0.25, 0.3) is 5.91 Å². The normalized spacial score (nSPS) is 16.7. The van der Waals surface area contributed by atoms with Crippen molar-refractivity contribution in [3.63, 3.8) is 0 Å². The van der Waals surface area contributed by atoms with Gasteiger partial charge in [-0.3, -0.25) is 9.48 Å². The molecule has 0 bridgehead atoms. The number of carbonyl (C=O) groups is 1. The van der Waals surface area contributed by atoms with Crippen molar-refractivity contribution in [1.29, 1.82) is 0 Å². The van der Waals surface area contributed by atoms with Gasteiger partial charge in [0.15, 0.2) is 0 Å². The van der Waals surface area contributed by atoms with Crippen LogP contribution in [-0.4, -0.2) is 39.5 Å². The van der Waals surface area contributed by atoms with Gasteiger partial charge in [0.2, 0.25) is 6.10 Å². The Bertz CT molecular complexity index is 768. The Labute approximate surface area is 147 Å². The molecule has 1 unspecified atom stereocenters. The second kappa shape index (κ2) is 6.72. The minimum absolute atomic E-state index is 0.163. The van der Waals surface area contributed by atoms with Gasteiger partial charge in [0, 0.05) is 20.5 Å². The van der Waals surface area contributed by atoms with Crippen LogP contribution in [-0.2, 0) is 23.2 Å². The number of rotatable bonds is 4. The van der Waals surface area contributed by atoms with E-state index in [-0.39, 0.29) is 11.7 Å². The summed E-state index contributed by atoms with van der Waals surface area (Å²) in [5.41, 5.74) is 2.29. The summed E-state index contributed by atoms with van der Waals surface area (Å²) in [5, 5.41) is 8.10. The molecule has 3 rings (SSSR count). The molecule has 1 aromatic carbocycles. The molecule has 0 saturated heterocycles. The lowest BCUT2D eigenvalue weighted by molar-refractivity contribution is -0.141. The molecule has 8 heteroatoms. The van der Waals surface area contributed by atoms with Crippen LogP contribution in [0.5, 0.6) is 0 Å². The molecule has 0 aliphatic carbocycles. The summed E-state index contributed by atoms with van der Waals surface area (Å²) in [4.78, 5) is 19.4. The van der Waals surface area contributed by atoms with E-state index >= 15 is 0 Å². The van der Waals surface area contributed by atoms with Gasteiger partial charge in [0.05, 0.1) is 28.6 Å².